The first-order valence-electron chi connectivity index (χ1n) is 6.78. The van der Waals surface area contributed by atoms with E-state index in [-0.39, 0.29) is 0 Å². The van der Waals surface area contributed by atoms with Crippen molar-refractivity contribution in [3.05, 3.63) is 29.3 Å². The molecule has 0 spiro atoms. The van der Waals surface area contributed by atoms with Crippen LogP contribution < -0.4 is 10.1 Å². The van der Waals surface area contributed by atoms with E-state index in [2.05, 4.69) is 29.4 Å². The minimum absolute atomic E-state index is 0.769. The van der Waals surface area contributed by atoms with Crippen molar-refractivity contribution in [3.8, 4) is 5.75 Å². The molecule has 0 aliphatic carbocycles. The zero-order chi connectivity index (χ0) is 14.1. The molecule has 1 aromatic carbocycles. The van der Waals surface area contributed by atoms with E-state index in [9.17, 15) is 0 Å². The number of likely N-dealkylation sites (N-methyl/N-ethyl adjacent to an activating group) is 1. The maximum absolute atomic E-state index is 5.43. The third kappa shape index (κ3) is 5.59. The number of rotatable bonds is 9. The van der Waals surface area contributed by atoms with Crippen molar-refractivity contribution in [2.75, 3.05) is 41.0 Å². The summed E-state index contributed by atoms with van der Waals surface area (Å²) < 4.78 is 10.8. The van der Waals surface area contributed by atoms with E-state index in [1.807, 2.05) is 20.0 Å². The molecular weight excluding hydrogens is 240 g/mol. The molecule has 0 amide bonds. The van der Waals surface area contributed by atoms with Gasteiger partial charge < -0.3 is 14.8 Å². The van der Waals surface area contributed by atoms with Gasteiger partial charge in [-0.2, -0.15) is 0 Å². The molecule has 19 heavy (non-hydrogen) atoms. The van der Waals surface area contributed by atoms with Crippen LogP contribution in [0.2, 0.25) is 0 Å². The van der Waals surface area contributed by atoms with Crippen molar-refractivity contribution >= 4 is 0 Å². The quantitative estimate of drug-likeness (QED) is 0.692. The van der Waals surface area contributed by atoms with Crippen molar-refractivity contribution in [1.29, 1.82) is 0 Å². The normalized spacial score (nSPS) is 11.0. The van der Waals surface area contributed by atoms with E-state index in [0.29, 0.717) is 0 Å². The second-order valence-corrected chi connectivity index (χ2v) is 4.61. The molecule has 0 saturated heterocycles. The fraction of sp³-hybridized carbons (Fsp3) is 0.600. The Kier molecular flexibility index (Phi) is 7.48. The molecule has 0 aromatic heterocycles. The molecule has 0 aliphatic rings. The van der Waals surface area contributed by atoms with E-state index in [4.69, 9.17) is 9.47 Å². The molecule has 0 saturated carbocycles. The van der Waals surface area contributed by atoms with Gasteiger partial charge in [-0.1, -0.05) is 6.07 Å². The minimum atomic E-state index is 0.769. The van der Waals surface area contributed by atoms with Gasteiger partial charge in [-0.15, -0.1) is 0 Å². The highest BCUT2D eigenvalue weighted by Crippen LogP contribution is 2.21. The van der Waals surface area contributed by atoms with Crippen LogP contribution in [-0.4, -0.2) is 45.9 Å². The van der Waals surface area contributed by atoms with Crippen LogP contribution in [0.5, 0.6) is 5.75 Å². The third-order valence-corrected chi connectivity index (χ3v) is 2.99. The van der Waals surface area contributed by atoms with Crippen LogP contribution in [0, 0.1) is 0 Å². The predicted molar refractivity (Wildman–Crippen MR) is 78.6 cm³/mol. The summed E-state index contributed by atoms with van der Waals surface area (Å²) in [6, 6.07) is 6.34. The summed E-state index contributed by atoms with van der Waals surface area (Å²) in [5.74, 6) is 0.947. The lowest BCUT2D eigenvalue weighted by atomic mass is 10.1. The summed E-state index contributed by atoms with van der Waals surface area (Å²) in [5.41, 5.74) is 2.49. The van der Waals surface area contributed by atoms with Gasteiger partial charge >= 0.3 is 0 Å². The Bertz CT molecular complexity index is 369. The largest absolute Gasteiger partial charge is 0.496 e. The van der Waals surface area contributed by atoms with Crippen LogP contribution in [0.4, 0.5) is 0 Å². The lowest BCUT2D eigenvalue weighted by Crippen LogP contribution is -2.23. The lowest BCUT2D eigenvalue weighted by molar-refractivity contribution is 0.120. The van der Waals surface area contributed by atoms with Crippen LogP contribution in [0.15, 0.2) is 18.2 Å². The van der Waals surface area contributed by atoms with Gasteiger partial charge in [0.25, 0.3) is 0 Å². The molecule has 1 rings (SSSR count). The Morgan fingerprint density at radius 1 is 1.32 bits per heavy atom. The zero-order valence-corrected chi connectivity index (χ0v) is 12.5. The number of hydrogen-bond donors (Lipinski definition) is 1. The van der Waals surface area contributed by atoms with Crippen molar-refractivity contribution in [3.63, 3.8) is 0 Å². The van der Waals surface area contributed by atoms with E-state index in [0.717, 1.165) is 38.6 Å². The number of ether oxygens (including phenoxy) is 2. The summed E-state index contributed by atoms with van der Waals surface area (Å²) in [6.07, 6.45) is 0. The highest BCUT2D eigenvalue weighted by atomic mass is 16.5. The third-order valence-electron chi connectivity index (χ3n) is 2.99. The van der Waals surface area contributed by atoms with Crippen LogP contribution in [0.1, 0.15) is 18.1 Å². The fourth-order valence-electron chi connectivity index (χ4n) is 2.00. The highest BCUT2D eigenvalue weighted by Gasteiger charge is 2.07. The van der Waals surface area contributed by atoms with Crippen molar-refractivity contribution in [1.82, 2.24) is 10.2 Å². The highest BCUT2D eigenvalue weighted by molar-refractivity contribution is 5.37. The van der Waals surface area contributed by atoms with Gasteiger partial charge in [-0.3, -0.25) is 4.90 Å². The maximum atomic E-state index is 5.43. The van der Waals surface area contributed by atoms with Gasteiger partial charge in [0.15, 0.2) is 0 Å². The first-order valence-corrected chi connectivity index (χ1v) is 6.78. The number of benzene rings is 1. The Morgan fingerprint density at radius 3 is 2.74 bits per heavy atom. The second kappa shape index (κ2) is 8.91. The molecule has 4 nitrogen and oxygen atoms in total. The molecule has 108 valence electrons. The maximum Gasteiger partial charge on any atom is 0.123 e. The Balaban J connectivity index is 2.65. The van der Waals surface area contributed by atoms with Crippen LogP contribution in [-0.2, 0) is 17.8 Å². The Hall–Kier alpha value is -1.10. The molecule has 0 aliphatic heterocycles. The summed E-state index contributed by atoms with van der Waals surface area (Å²) in [7, 11) is 5.78. The molecule has 4 heteroatoms. The molecule has 0 heterocycles. The summed E-state index contributed by atoms with van der Waals surface area (Å²) >= 11 is 0. The predicted octanol–water partition coefficient (Wildman–Crippen LogP) is 1.88. The van der Waals surface area contributed by atoms with Gasteiger partial charge in [-0.05, 0) is 38.7 Å². The SMILES string of the molecule is CCOCCN(C)Cc1cc(CNC)ccc1OC. The average Bonchev–Trinajstić information content (AvgIpc) is 2.40. The topological polar surface area (TPSA) is 33.7 Å². The molecule has 0 fully saturated rings. The Labute approximate surface area is 116 Å². The molecular formula is C15H26N2O2. The number of nitrogens with zero attached hydrogens (tertiary/aromatic N) is 1. The summed E-state index contributed by atoms with van der Waals surface area (Å²) in [6.45, 7) is 6.23. The lowest BCUT2D eigenvalue weighted by Gasteiger charge is -2.19. The van der Waals surface area contributed by atoms with Gasteiger partial charge in [0.2, 0.25) is 0 Å². The molecule has 0 radical (unpaired) electrons. The minimum Gasteiger partial charge on any atom is -0.496 e. The fourth-order valence-corrected chi connectivity index (χ4v) is 2.00. The average molecular weight is 266 g/mol. The number of nitrogens with one attached hydrogen (secondary N) is 1. The van der Waals surface area contributed by atoms with E-state index >= 15 is 0 Å². The smallest absolute Gasteiger partial charge is 0.123 e. The number of hydrogen-bond acceptors (Lipinski definition) is 4. The van der Waals surface area contributed by atoms with Gasteiger partial charge in [0, 0.05) is 31.8 Å². The molecule has 0 bridgehead atoms. The van der Waals surface area contributed by atoms with Crippen molar-refractivity contribution in [2.24, 2.45) is 0 Å². The second-order valence-electron chi connectivity index (χ2n) is 4.61. The molecule has 0 atom stereocenters. The van der Waals surface area contributed by atoms with E-state index < -0.39 is 0 Å². The standard InChI is InChI=1S/C15H26N2O2/c1-5-19-9-8-17(3)12-14-10-13(11-16-2)6-7-15(14)18-4/h6-7,10,16H,5,8-9,11-12H2,1-4H3. The summed E-state index contributed by atoms with van der Waals surface area (Å²) in [4.78, 5) is 2.25. The van der Waals surface area contributed by atoms with Crippen LogP contribution in [0.3, 0.4) is 0 Å². The number of methoxy groups -OCH3 is 1. The monoisotopic (exact) mass is 266 g/mol. The van der Waals surface area contributed by atoms with E-state index in [1.165, 1.54) is 11.1 Å². The van der Waals surface area contributed by atoms with Gasteiger partial charge in [-0.25, -0.2) is 0 Å². The van der Waals surface area contributed by atoms with E-state index in [1.54, 1.807) is 7.11 Å². The first kappa shape index (κ1) is 16.0. The van der Waals surface area contributed by atoms with Crippen molar-refractivity contribution in [2.45, 2.75) is 20.0 Å². The molecule has 1 aromatic rings. The zero-order valence-electron chi connectivity index (χ0n) is 12.5. The van der Waals surface area contributed by atoms with Crippen molar-refractivity contribution < 1.29 is 9.47 Å². The van der Waals surface area contributed by atoms with Crippen LogP contribution >= 0.6 is 0 Å². The first-order chi connectivity index (χ1) is 9.21. The Morgan fingerprint density at radius 2 is 2.11 bits per heavy atom. The summed E-state index contributed by atoms with van der Waals surface area (Å²) in [5, 5.41) is 3.17. The van der Waals surface area contributed by atoms with Gasteiger partial charge in [0.05, 0.1) is 13.7 Å². The van der Waals surface area contributed by atoms with Gasteiger partial charge in [0.1, 0.15) is 5.75 Å². The molecule has 0 unspecified atom stereocenters. The molecule has 1 N–H and O–H groups in total. The van der Waals surface area contributed by atoms with Crippen LogP contribution in [0.25, 0.3) is 0 Å².